The van der Waals surface area contributed by atoms with Crippen molar-refractivity contribution < 1.29 is 23.1 Å². The maximum Gasteiger partial charge on any atom is 0.335 e. The Labute approximate surface area is 156 Å². The molecule has 0 radical (unpaired) electrons. The second-order valence-corrected chi connectivity index (χ2v) is 7.35. The lowest BCUT2D eigenvalue weighted by molar-refractivity contribution is 0.0696. The summed E-state index contributed by atoms with van der Waals surface area (Å²) in [5, 5.41) is 8.99. The number of pyridine rings is 1. The number of nitrogens with one attached hydrogen (secondary N) is 1. The number of nitrogens with zero attached hydrogens (tertiary/aromatic N) is 1. The molecule has 1 heterocycles. The van der Waals surface area contributed by atoms with E-state index >= 15 is 0 Å². The van der Waals surface area contributed by atoms with Gasteiger partial charge in [0, 0.05) is 18.1 Å². The number of benzene rings is 2. The molecular weight excluding hydrogens is 368 g/mol. The summed E-state index contributed by atoms with van der Waals surface area (Å²) in [6.45, 7) is 1.55. The summed E-state index contributed by atoms with van der Waals surface area (Å²) < 4.78 is 33.3. The second kappa shape index (κ2) is 7.46. The standard InChI is InChI=1S/C19H16N2O5S/c1-13-12-14(19(22)23)2-7-18(13)27(24,25)21-15-3-5-16(6-4-15)26-17-8-10-20-11-9-17/h2-12,21H,1H3,(H,22,23). The fraction of sp³-hybridized carbons (Fsp3) is 0.0526. The molecule has 3 aromatic rings. The Morgan fingerprint density at radius 3 is 2.22 bits per heavy atom. The number of sulfonamides is 1. The lowest BCUT2D eigenvalue weighted by Gasteiger charge is -2.12. The highest BCUT2D eigenvalue weighted by Crippen LogP contribution is 2.25. The minimum atomic E-state index is -3.85. The van der Waals surface area contributed by atoms with Crippen molar-refractivity contribution in [2.75, 3.05) is 4.72 Å². The molecule has 2 aromatic carbocycles. The molecule has 138 valence electrons. The van der Waals surface area contributed by atoms with Gasteiger partial charge in [0.1, 0.15) is 11.5 Å². The molecule has 2 N–H and O–H groups in total. The average molecular weight is 384 g/mol. The molecule has 0 aliphatic carbocycles. The van der Waals surface area contributed by atoms with Gasteiger partial charge in [-0.15, -0.1) is 0 Å². The Hall–Kier alpha value is -3.39. The summed E-state index contributed by atoms with van der Waals surface area (Å²) in [7, 11) is -3.85. The fourth-order valence-corrected chi connectivity index (χ4v) is 3.71. The van der Waals surface area contributed by atoms with Crippen molar-refractivity contribution in [1.29, 1.82) is 0 Å². The molecule has 0 saturated carbocycles. The molecule has 0 aliphatic heterocycles. The van der Waals surface area contributed by atoms with Gasteiger partial charge < -0.3 is 9.84 Å². The van der Waals surface area contributed by atoms with Gasteiger partial charge in [-0.05, 0) is 67.1 Å². The summed E-state index contributed by atoms with van der Waals surface area (Å²) >= 11 is 0. The molecule has 0 saturated heterocycles. The number of anilines is 1. The first-order valence-corrected chi connectivity index (χ1v) is 9.38. The molecule has 0 bridgehead atoms. The summed E-state index contributed by atoms with van der Waals surface area (Å²) in [5.41, 5.74) is 0.739. The molecule has 1 aromatic heterocycles. The van der Waals surface area contributed by atoms with Gasteiger partial charge in [0.05, 0.1) is 10.5 Å². The van der Waals surface area contributed by atoms with Crippen LogP contribution in [0, 0.1) is 6.92 Å². The first kappa shape index (κ1) is 18.4. The van der Waals surface area contributed by atoms with Gasteiger partial charge in [-0.25, -0.2) is 13.2 Å². The molecule has 27 heavy (non-hydrogen) atoms. The van der Waals surface area contributed by atoms with E-state index in [-0.39, 0.29) is 10.5 Å². The van der Waals surface area contributed by atoms with Crippen LogP contribution in [-0.4, -0.2) is 24.5 Å². The monoisotopic (exact) mass is 384 g/mol. The van der Waals surface area contributed by atoms with Crippen molar-refractivity contribution in [1.82, 2.24) is 4.98 Å². The van der Waals surface area contributed by atoms with Gasteiger partial charge in [0.15, 0.2) is 0 Å². The lowest BCUT2D eigenvalue weighted by atomic mass is 10.1. The third kappa shape index (κ3) is 4.42. The Bertz CT molecular complexity index is 1070. The van der Waals surface area contributed by atoms with Crippen LogP contribution in [0.5, 0.6) is 11.5 Å². The molecule has 0 unspecified atom stereocenters. The molecule has 0 amide bonds. The largest absolute Gasteiger partial charge is 0.478 e. The summed E-state index contributed by atoms with van der Waals surface area (Å²) in [6.07, 6.45) is 3.21. The van der Waals surface area contributed by atoms with Gasteiger partial charge in [-0.3, -0.25) is 9.71 Å². The van der Waals surface area contributed by atoms with Crippen LogP contribution in [0.2, 0.25) is 0 Å². The zero-order valence-corrected chi connectivity index (χ0v) is 15.1. The third-order valence-corrected chi connectivity index (χ3v) is 5.24. The number of carboxylic acid groups (broad SMARTS) is 1. The molecule has 0 aliphatic rings. The summed E-state index contributed by atoms with van der Waals surface area (Å²) in [4.78, 5) is 14.9. The Morgan fingerprint density at radius 2 is 1.63 bits per heavy atom. The molecule has 8 heteroatoms. The number of aromatic nitrogens is 1. The Balaban J connectivity index is 1.77. The van der Waals surface area contributed by atoms with Gasteiger partial charge >= 0.3 is 5.97 Å². The van der Waals surface area contributed by atoms with Crippen molar-refractivity contribution in [3.8, 4) is 11.5 Å². The maximum atomic E-state index is 12.6. The lowest BCUT2D eigenvalue weighted by Crippen LogP contribution is -2.14. The molecule has 0 fully saturated rings. The van der Waals surface area contributed by atoms with Crippen molar-refractivity contribution >= 4 is 21.7 Å². The summed E-state index contributed by atoms with van der Waals surface area (Å²) in [6, 6.07) is 13.7. The summed E-state index contributed by atoms with van der Waals surface area (Å²) in [5.74, 6) is 0.0541. The number of ether oxygens (including phenoxy) is 1. The van der Waals surface area contributed by atoms with E-state index in [9.17, 15) is 13.2 Å². The van der Waals surface area contributed by atoms with Gasteiger partial charge in [0.2, 0.25) is 0 Å². The zero-order chi connectivity index (χ0) is 19.4. The van der Waals surface area contributed by atoms with E-state index in [2.05, 4.69) is 9.71 Å². The topological polar surface area (TPSA) is 106 Å². The fourth-order valence-electron chi connectivity index (χ4n) is 2.43. The van der Waals surface area contributed by atoms with E-state index in [1.54, 1.807) is 55.7 Å². The molecule has 0 spiro atoms. The van der Waals surface area contributed by atoms with Crippen LogP contribution in [0.4, 0.5) is 5.69 Å². The van der Waals surface area contributed by atoms with Crippen LogP contribution in [0.15, 0.2) is 71.9 Å². The van der Waals surface area contributed by atoms with Crippen LogP contribution in [0.1, 0.15) is 15.9 Å². The average Bonchev–Trinajstić information content (AvgIpc) is 2.63. The first-order chi connectivity index (χ1) is 12.8. The number of aromatic carboxylic acids is 1. The van der Waals surface area contributed by atoms with E-state index < -0.39 is 16.0 Å². The SMILES string of the molecule is Cc1cc(C(=O)O)ccc1S(=O)(=O)Nc1ccc(Oc2ccncc2)cc1. The predicted molar refractivity (Wildman–Crippen MR) is 99.7 cm³/mol. The van der Waals surface area contributed by atoms with Gasteiger partial charge in [-0.1, -0.05) is 0 Å². The molecule has 0 atom stereocenters. The van der Waals surface area contributed by atoms with E-state index in [0.717, 1.165) is 0 Å². The molecule has 7 nitrogen and oxygen atoms in total. The number of hydrogen-bond donors (Lipinski definition) is 2. The number of carboxylic acids is 1. The van der Waals surface area contributed by atoms with Crippen LogP contribution in [0.25, 0.3) is 0 Å². The highest BCUT2D eigenvalue weighted by atomic mass is 32.2. The zero-order valence-electron chi connectivity index (χ0n) is 14.3. The highest BCUT2D eigenvalue weighted by Gasteiger charge is 2.18. The molecular formula is C19H16N2O5S. The van der Waals surface area contributed by atoms with Crippen molar-refractivity contribution in [3.63, 3.8) is 0 Å². The van der Waals surface area contributed by atoms with E-state index in [1.165, 1.54) is 18.2 Å². The molecule has 3 rings (SSSR count). The highest BCUT2D eigenvalue weighted by molar-refractivity contribution is 7.92. The van der Waals surface area contributed by atoms with E-state index in [1.807, 2.05) is 0 Å². The van der Waals surface area contributed by atoms with Crippen LogP contribution in [0.3, 0.4) is 0 Å². The van der Waals surface area contributed by atoms with Crippen molar-refractivity contribution in [3.05, 3.63) is 78.1 Å². The quantitative estimate of drug-likeness (QED) is 0.672. The second-order valence-electron chi connectivity index (χ2n) is 5.70. The number of rotatable bonds is 6. The number of aryl methyl sites for hydroxylation is 1. The first-order valence-electron chi connectivity index (χ1n) is 7.90. The smallest absolute Gasteiger partial charge is 0.335 e. The number of hydrogen-bond acceptors (Lipinski definition) is 5. The normalized spacial score (nSPS) is 11.0. The third-order valence-electron chi connectivity index (χ3n) is 3.70. The van der Waals surface area contributed by atoms with Crippen LogP contribution < -0.4 is 9.46 Å². The van der Waals surface area contributed by atoms with Crippen molar-refractivity contribution in [2.24, 2.45) is 0 Å². The van der Waals surface area contributed by atoms with E-state index in [4.69, 9.17) is 9.84 Å². The maximum absolute atomic E-state index is 12.6. The van der Waals surface area contributed by atoms with Gasteiger partial charge in [-0.2, -0.15) is 0 Å². The minimum absolute atomic E-state index is 0.0182. The van der Waals surface area contributed by atoms with Gasteiger partial charge in [0.25, 0.3) is 10.0 Å². The Kier molecular flexibility index (Phi) is 5.09. The van der Waals surface area contributed by atoms with Crippen LogP contribution in [-0.2, 0) is 10.0 Å². The predicted octanol–water partition coefficient (Wildman–Crippen LogP) is 3.68. The Morgan fingerprint density at radius 1 is 1.00 bits per heavy atom. The van der Waals surface area contributed by atoms with Crippen molar-refractivity contribution in [2.45, 2.75) is 11.8 Å². The number of carbonyl (C=O) groups is 1. The minimum Gasteiger partial charge on any atom is -0.478 e. The van der Waals surface area contributed by atoms with E-state index in [0.29, 0.717) is 22.7 Å². The van der Waals surface area contributed by atoms with Crippen LogP contribution >= 0.6 is 0 Å².